The lowest BCUT2D eigenvalue weighted by Crippen LogP contribution is -2.33. The number of aliphatic carboxylic acids is 1. The summed E-state index contributed by atoms with van der Waals surface area (Å²) in [6, 6.07) is 3.30. The van der Waals surface area contributed by atoms with Crippen molar-refractivity contribution in [3.63, 3.8) is 0 Å². The number of halogens is 3. The zero-order valence-corrected chi connectivity index (χ0v) is 9.51. The molecular weight excluding hydrogens is 247 g/mol. The predicted molar refractivity (Wildman–Crippen MR) is 56.2 cm³/mol. The third-order valence-corrected chi connectivity index (χ3v) is 2.84. The van der Waals surface area contributed by atoms with Crippen LogP contribution < -0.4 is 0 Å². The van der Waals surface area contributed by atoms with Gasteiger partial charge in [-0.1, -0.05) is 6.07 Å². The summed E-state index contributed by atoms with van der Waals surface area (Å²) in [6.45, 7) is 1.17. The Bertz CT molecular complexity index is 525. The lowest BCUT2D eigenvalue weighted by Gasteiger charge is -2.24. The molecule has 1 unspecified atom stereocenters. The van der Waals surface area contributed by atoms with E-state index in [1.807, 2.05) is 0 Å². The van der Waals surface area contributed by atoms with Gasteiger partial charge in [0.1, 0.15) is 0 Å². The summed E-state index contributed by atoms with van der Waals surface area (Å²) >= 11 is 0. The van der Waals surface area contributed by atoms with Crippen LogP contribution in [0.1, 0.15) is 25.3 Å². The van der Waals surface area contributed by atoms with Crippen LogP contribution >= 0.6 is 0 Å². The number of benzene rings is 1. The Hall–Kier alpha value is -2.03. The largest absolute Gasteiger partial charge is 0.481 e. The summed E-state index contributed by atoms with van der Waals surface area (Å²) in [5.74, 6) is -6.03. The molecule has 0 saturated carbocycles. The molecule has 0 aliphatic carbocycles. The number of hydrogen-bond donors (Lipinski definition) is 1. The normalized spacial score (nSPS) is 13.7. The van der Waals surface area contributed by atoms with Gasteiger partial charge in [-0.05, 0) is 19.4 Å². The predicted octanol–water partition coefficient (Wildman–Crippen LogP) is 2.75. The third-order valence-electron chi connectivity index (χ3n) is 2.84. The van der Waals surface area contributed by atoms with Gasteiger partial charge in [0.2, 0.25) is 0 Å². The number of hydrogen-bond acceptors (Lipinski definition) is 2. The van der Waals surface area contributed by atoms with Gasteiger partial charge in [-0.3, -0.25) is 4.79 Å². The highest BCUT2D eigenvalue weighted by atomic mass is 19.2. The number of carboxylic acid groups (broad SMARTS) is 1. The zero-order chi connectivity index (χ0) is 13.9. The Balaban J connectivity index is 3.36. The molecule has 0 aromatic heterocycles. The van der Waals surface area contributed by atoms with Crippen molar-refractivity contribution in [3.05, 3.63) is 35.1 Å². The molecule has 0 radical (unpaired) electrons. The van der Waals surface area contributed by atoms with Crippen LogP contribution in [0.3, 0.4) is 0 Å². The van der Waals surface area contributed by atoms with Crippen LogP contribution in [-0.2, 0) is 10.2 Å². The van der Waals surface area contributed by atoms with Crippen LogP contribution in [0.5, 0.6) is 0 Å². The van der Waals surface area contributed by atoms with Crippen molar-refractivity contribution in [2.24, 2.45) is 0 Å². The number of nitrogens with zero attached hydrogens (tertiary/aromatic N) is 1. The monoisotopic (exact) mass is 257 g/mol. The first kappa shape index (κ1) is 14.0. The van der Waals surface area contributed by atoms with Crippen LogP contribution in [0.4, 0.5) is 13.2 Å². The number of nitriles is 1. The molecule has 0 fully saturated rings. The second-order valence-electron chi connectivity index (χ2n) is 4.02. The Morgan fingerprint density at radius 3 is 2.50 bits per heavy atom. The molecule has 1 atom stereocenters. The van der Waals surface area contributed by atoms with Gasteiger partial charge in [0, 0.05) is 12.0 Å². The Morgan fingerprint density at radius 1 is 1.39 bits per heavy atom. The average Bonchev–Trinajstić information content (AvgIpc) is 2.33. The van der Waals surface area contributed by atoms with Crippen molar-refractivity contribution in [2.75, 3.05) is 0 Å². The molecule has 0 amide bonds. The molecule has 1 aromatic carbocycles. The van der Waals surface area contributed by atoms with Gasteiger partial charge in [0.05, 0.1) is 11.5 Å². The van der Waals surface area contributed by atoms with E-state index in [4.69, 9.17) is 10.4 Å². The molecule has 0 saturated heterocycles. The SMILES string of the molecule is CC(CCC#N)(C(=O)O)c1ccc(F)c(F)c1F. The lowest BCUT2D eigenvalue weighted by molar-refractivity contribution is -0.143. The highest BCUT2D eigenvalue weighted by Gasteiger charge is 2.38. The maximum Gasteiger partial charge on any atom is 0.313 e. The molecule has 1 rings (SSSR count). The third kappa shape index (κ3) is 2.30. The fourth-order valence-electron chi connectivity index (χ4n) is 1.61. The summed E-state index contributed by atoms with van der Waals surface area (Å²) < 4.78 is 39.5. The first-order valence-corrected chi connectivity index (χ1v) is 5.09. The van der Waals surface area contributed by atoms with Crippen molar-refractivity contribution in [1.29, 1.82) is 5.26 Å². The van der Waals surface area contributed by atoms with E-state index in [9.17, 15) is 18.0 Å². The quantitative estimate of drug-likeness (QED) is 0.843. The molecule has 6 heteroatoms. The lowest BCUT2D eigenvalue weighted by atomic mass is 9.78. The van der Waals surface area contributed by atoms with Crippen molar-refractivity contribution in [2.45, 2.75) is 25.2 Å². The topological polar surface area (TPSA) is 61.1 Å². The van der Waals surface area contributed by atoms with Crippen LogP contribution in [-0.4, -0.2) is 11.1 Å². The summed E-state index contributed by atoms with van der Waals surface area (Å²) in [5.41, 5.74) is -2.24. The van der Waals surface area contributed by atoms with Crippen LogP contribution in [0, 0.1) is 28.8 Å². The van der Waals surface area contributed by atoms with Crippen molar-refractivity contribution >= 4 is 5.97 Å². The minimum Gasteiger partial charge on any atom is -0.481 e. The standard InChI is InChI=1S/C12H10F3NO2/c1-12(11(17)18,5-2-6-16)7-3-4-8(13)10(15)9(7)14/h3-4H,2,5H2,1H3,(H,17,18). The molecule has 96 valence electrons. The fourth-order valence-corrected chi connectivity index (χ4v) is 1.61. The summed E-state index contributed by atoms with van der Waals surface area (Å²) in [5, 5.41) is 17.6. The molecule has 1 N–H and O–H groups in total. The van der Waals surface area contributed by atoms with Gasteiger partial charge in [-0.25, -0.2) is 13.2 Å². The first-order chi connectivity index (χ1) is 8.34. The van der Waals surface area contributed by atoms with E-state index in [-0.39, 0.29) is 12.8 Å². The molecule has 0 spiro atoms. The molecule has 3 nitrogen and oxygen atoms in total. The summed E-state index contributed by atoms with van der Waals surface area (Å²) in [4.78, 5) is 11.2. The minimum absolute atomic E-state index is 0.138. The van der Waals surface area contributed by atoms with Gasteiger partial charge >= 0.3 is 5.97 Å². The van der Waals surface area contributed by atoms with Crippen LogP contribution in [0.15, 0.2) is 12.1 Å². The van der Waals surface area contributed by atoms with Gasteiger partial charge < -0.3 is 5.11 Å². The van der Waals surface area contributed by atoms with Crippen LogP contribution in [0.2, 0.25) is 0 Å². The minimum atomic E-state index is -1.77. The zero-order valence-electron chi connectivity index (χ0n) is 9.51. The summed E-state index contributed by atoms with van der Waals surface area (Å²) in [7, 11) is 0. The maximum absolute atomic E-state index is 13.6. The molecule has 0 aliphatic rings. The second kappa shape index (κ2) is 5.08. The van der Waals surface area contributed by atoms with Gasteiger partial charge in [-0.2, -0.15) is 5.26 Å². The van der Waals surface area contributed by atoms with E-state index >= 15 is 0 Å². The van der Waals surface area contributed by atoms with Crippen LogP contribution in [0.25, 0.3) is 0 Å². The van der Waals surface area contributed by atoms with Crippen molar-refractivity contribution in [3.8, 4) is 6.07 Å². The second-order valence-corrected chi connectivity index (χ2v) is 4.02. The highest BCUT2D eigenvalue weighted by molar-refractivity contribution is 5.81. The molecular formula is C12H10F3NO2. The van der Waals surface area contributed by atoms with Gasteiger partial charge in [0.15, 0.2) is 17.5 Å². The van der Waals surface area contributed by atoms with E-state index in [0.717, 1.165) is 6.07 Å². The average molecular weight is 257 g/mol. The molecule has 0 heterocycles. The van der Waals surface area contributed by atoms with Gasteiger partial charge in [0.25, 0.3) is 0 Å². The molecule has 18 heavy (non-hydrogen) atoms. The Kier molecular flexibility index (Phi) is 3.96. The Labute approximate surface area is 101 Å². The van der Waals surface area contributed by atoms with Crippen molar-refractivity contribution < 1.29 is 23.1 Å². The number of carbonyl (C=O) groups is 1. The van der Waals surface area contributed by atoms with Crippen molar-refractivity contribution in [1.82, 2.24) is 0 Å². The molecule has 1 aromatic rings. The smallest absolute Gasteiger partial charge is 0.313 e. The van der Waals surface area contributed by atoms with E-state index in [2.05, 4.69) is 0 Å². The number of carboxylic acids is 1. The highest BCUT2D eigenvalue weighted by Crippen LogP contribution is 2.32. The van der Waals surface area contributed by atoms with E-state index in [0.29, 0.717) is 6.07 Å². The Morgan fingerprint density at radius 2 is 2.00 bits per heavy atom. The van der Waals surface area contributed by atoms with E-state index in [1.165, 1.54) is 6.92 Å². The van der Waals surface area contributed by atoms with E-state index < -0.39 is 34.4 Å². The maximum atomic E-state index is 13.6. The molecule has 0 bridgehead atoms. The fraction of sp³-hybridized carbons (Fsp3) is 0.333. The van der Waals surface area contributed by atoms with Gasteiger partial charge in [-0.15, -0.1) is 0 Å². The van der Waals surface area contributed by atoms with E-state index in [1.54, 1.807) is 6.07 Å². The number of rotatable bonds is 4. The summed E-state index contributed by atoms with van der Waals surface area (Å²) in [6.07, 6.45) is -0.331. The first-order valence-electron chi connectivity index (χ1n) is 5.09. The molecule has 0 aliphatic heterocycles.